The number of esters is 1. The number of aliphatic hydroxyl groups is 1. The van der Waals surface area contributed by atoms with E-state index < -0.39 is 28.7 Å². The molecule has 7 atom stereocenters. The molecular formula is C32H44N2O5S. The highest BCUT2D eigenvalue weighted by atomic mass is 32.2. The van der Waals surface area contributed by atoms with Gasteiger partial charge in [-0.1, -0.05) is 69.2 Å². The second-order valence-electron chi connectivity index (χ2n) is 11.3. The number of likely N-dealkylation sites (tertiary alicyclic amines) is 1. The molecule has 1 spiro atoms. The summed E-state index contributed by atoms with van der Waals surface area (Å²) in [6, 6.07) is 7.89. The fraction of sp³-hybridized carbons (Fsp3) is 0.594. The average molecular weight is 569 g/mol. The van der Waals surface area contributed by atoms with Crippen molar-refractivity contribution in [2.75, 3.05) is 26.3 Å². The molecule has 2 amide bonds. The minimum absolute atomic E-state index is 0.0385. The molecule has 4 rings (SSSR count). The van der Waals surface area contributed by atoms with Crippen LogP contribution >= 0.6 is 11.8 Å². The number of ether oxygens (including phenoxy) is 1. The number of carbonyl (C=O) groups excluding carboxylic acids is 3. The molecule has 3 aliphatic heterocycles. The third-order valence-corrected chi connectivity index (χ3v) is 10.9. The van der Waals surface area contributed by atoms with Gasteiger partial charge in [-0.2, -0.15) is 0 Å². The molecule has 0 radical (unpaired) electrons. The van der Waals surface area contributed by atoms with Crippen LogP contribution in [-0.2, 0) is 19.1 Å². The lowest BCUT2D eigenvalue weighted by atomic mass is 9.66. The van der Waals surface area contributed by atoms with E-state index in [1.54, 1.807) is 28.8 Å². The number of hydrogen-bond donors (Lipinski definition) is 1. The molecule has 3 fully saturated rings. The van der Waals surface area contributed by atoms with Gasteiger partial charge in [-0.15, -0.1) is 24.9 Å². The zero-order chi connectivity index (χ0) is 28.9. The van der Waals surface area contributed by atoms with Crippen LogP contribution in [-0.4, -0.2) is 75.0 Å². The number of aliphatic hydroxyl groups excluding tert-OH is 1. The number of nitrogens with zero attached hydrogens (tertiary/aromatic N) is 2. The maximum absolute atomic E-state index is 14.6. The molecule has 1 aromatic carbocycles. The Hall–Kier alpha value is -2.58. The molecule has 3 heterocycles. The summed E-state index contributed by atoms with van der Waals surface area (Å²) in [5.41, 5.74) is 0.768. The highest BCUT2D eigenvalue weighted by Gasteiger charge is 2.77. The number of hydrogen-bond acceptors (Lipinski definition) is 6. The number of fused-ring (bicyclic) bond motifs is 1. The standard InChI is InChI=1S/C32H44N2O5S/c1-5-8-13-18-33(17-7-3)30(37)28-32-22(4)20-25(40-32)26(31(38)39-19-14-9-6-2)27(32)29(36)34(28)24(21-35)23-15-11-10-12-16-23/h6-7,10-12,15-16,22,24-28,35H,2-3,5,8-9,13-14,17-21H2,1,4H3/t22?,24-,25+,26-,27+,28?,32?/m1/s1. The van der Waals surface area contributed by atoms with Crippen molar-refractivity contribution < 1.29 is 24.2 Å². The maximum Gasteiger partial charge on any atom is 0.310 e. The lowest BCUT2D eigenvalue weighted by Crippen LogP contribution is -2.58. The van der Waals surface area contributed by atoms with Gasteiger partial charge in [-0.25, -0.2) is 0 Å². The van der Waals surface area contributed by atoms with Crippen LogP contribution in [0.2, 0.25) is 0 Å². The number of benzene rings is 1. The second-order valence-corrected chi connectivity index (χ2v) is 12.8. The van der Waals surface area contributed by atoms with Crippen molar-refractivity contribution in [3.63, 3.8) is 0 Å². The van der Waals surface area contributed by atoms with E-state index in [-0.39, 0.29) is 42.2 Å². The minimum Gasteiger partial charge on any atom is -0.465 e. The molecule has 3 saturated heterocycles. The molecule has 2 bridgehead atoms. The van der Waals surface area contributed by atoms with Crippen molar-refractivity contribution in [2.45, 2.75) is 74.5 Å². The van der Waals surface area contributed by atoms with E-state index in [0.29, 0.717) is 19.5 Å². The Morgan fingerprint density at radius 2 is 1.98 bits per heavy atom. The van der Waals surface area contributed by atoms with E-state index in [1.807, 2.05) is 35.2 Å². The zero-order valence-electron chi connectivity index (χ0n) is 23.9. The van der Waals surface area contributed by atoms with Gasteiger partial charge in [0.2, 0.25) is 11.8 Å². The highest BCUT2D eigenvalue weighted by Crippen LogP contribution is 2.69. The first-order valence-corrected chi connectivity index (χ1v) is 15.6. The summed E-state index contributed by atoms with van der Waals surface area (Å²) in [6.07, 6.45) is 8.58. The first-order valence-electron chi connectivity index (χ1n) is 14.7. The van der Waals surface area contributed by atoms with Crippen molar-refractivity contribution >= 4 is 29.5 Å². The van der Waals surface area contributed by atoms with Crippen LogP contribution in [0.4, 0.5) is 0 Å². The molecule has 218 valence electrons. The Labute approximate surface area is 243 Å². The topological polar surface area (TPSA) is 87.2 Å². The predicted octanol–water partition coefficient (Wildman–Crippen LogP) is 4.77. The predicted molar refractivity (Wildman–Crippen MR) is 158 cm³/mol. The summed E-state index contributed by atoms with van der Waals surface area (Å²) in [6.45, 7) is 12.8. The van der Waals surface area contributed by atoms with Crippen LogP contribution in [0.25, 0.3) is 0 Å². The molecule has 40 heavy (non-hydrogen) atoms. The van der Waals surface area contributed by atoms with Crippen LogP contribution in [0.3, 0.4) is 0 Å². The van der Waals surface area contributed by atoms with E-state index in [1.165, 1.54) is 0 Å². The van der Waals surface area contributed by atoms with Gasteiger partial charge in [0.15, 0.2) is 0 Å². The SMILES string of the molecule is C=CCCCOC(=O)[C@@H]1[C@@H]2CC(C)C3(S2)C(C(=O)N(CC=C)CCCCC)N([C@H](CO)c2ccccc2)C(=O)[C@H]13. The van der Waals surface area contributed by atoms with Gasteiger partial charge in [-0.3, -0.25) is 14.4 Å². The van der Waals surface area contributed by atoms with Crippen LogP contribution in [0.15, 0.2) is 55.6 Å². The Bertz CT molecular complexity index is 1080. The van der Waals surface area contributed by atoms with Crippen LogP contribution in [0.5, 0.6) is 0 Å². The molecule has 3 aliphatic rings. The second kappa shape index (κ2) is 13.4. The van der Waals surface area contributed by atoms with Gasteiger partial charge in [0, 0.05) is 18.3 Å². The summed E-state index contributed by atoms with van der Waals surface area (Å²) in [5, 5.41) is 10.6. The number of rotatable bonds is 15. The average Bonchev–Trinajstić information content (AvgIpc) is 3.55. The Kier molecular flexibility index (Phi) is 10.2. The van der Waals surface area contributed by atoms with Crippen molar-refractivity contribution in [1.82, 2.24) is 9.80 Å². The number of thioether (sulfide) groups is 1. The van der Waals surface area contributed by atoms with Crippen molar-refractivity contribution in [1.29, 1.82) is 0 Å². The first-order chi connectivity index (χ1) is 19.4. The summed E-state index contributed by atoms with van der Waals surface area (Å²) in [5.74, 6) is -1.96. The lowest BCUT2D eigenvalue weighted by molar-refractivity contribution is -0.155. The van der Waals surface area contributed by atoms with E-state index in [0.717, 1.165) is 37.7 Å². The van der Waals surface area contributed by atoms with E-state index >= 15 is 0 Å². The molecule has 0 saturated carbocycles. The largest absolute Gasteiger partial charge is 0.465 e. The fourth-order valence-electron chi connectivity index (χ4n) is 7.04. The Morgan fingerprint density at radius 3 is 2.62 bits per heavy atom. The molecule has 8 heteroatoms. The van der Waals surface area contributed by atoms with Crippen LogP contribution < -0.4 is 0 Å². The molecule has 3 unspecified atom stereocenters. The number of allylic oxidation sites excluding steroid dienone is 1. The van der Waals surface area contributed by atoms with Crippen molar-refractivity contribution in [3.05, 3.63) is 61.2 Å². The maximum atomic E-state index is 14.6. The normalized spacial score (nSPS) is 29.2. The molecule has 0 aliphatic carbocycles. The summed E-state index contributed by atoms with van der Waals surface area (Å²) in [4.78, 5) is 46.1. The van der Waals surface area contributed by atoms with E-state index in [9.17, 15) is 19.5 Å². The fourth-order valence-corrected chi connectivity index (χ4v) is 9.43. The molecule has 7 nitrogen and oxygen atoms in total. The smallest absolute Gasteiger partial charge is 0.310 e. The van der Waals surface area contributed by atoms with Gasteiger partial charge in [-0.05, 0) is 37.2 Å². The first kappa shape index (κ1) is 30.4. The number of carbonyl (C=O) groups is 3. The third kappa shape index (κ3) is 5.37. The van der Waals surface area contributed by atoms with Gasteiger partial charge < -0.3 is 19.6 Å². The Morgan fingerprint density at radius 1 is 1.23 bits per heavy atom. The molecule has 0 aromatic heterocycles. The number of amides is 2. The summed E-state index contributed by atoms with van der Waals surface area (Å²) < 4.78 is 4.93. The highest BCUT2D eigenvalue weighted by molar-refractivity contribution is 8.02. The van der Waals surface area contributed by atoms with Gasteiger partial charge >= 0.3 is 5.97 Å². The lowest BCUT2D eigenvalue weighted by Gasteiger charge is -2.42. The summed E-state index contributed by atoms with van der Waals surface area (Å²) in [7, 11) is 0. The molecule has 1 N–H and O–H groups in total. The quantitative estimate of drug-likeness (QED) is 0.186. The Balaban J connectivity index is 1.77. The van der Waals surface area contributed by atoms with Crippen LogP contribution in [0.1, 0.15) is 64.0 Å². The monoisotopic (exact) mass is 568 g/mol. The van der Waals surface area contributed by atoms with Gasteiger partial charge in [0.25, 0.3) is 0 Å². The van der Waals surface area contributed by atoms with Crippen molar-refractivity contribution in [2.24, 2.45) is 17.8 Å². The minimum atomic E-state index is -0.799. The van der Waals surface area contributed by atoms with Crippen LogP contribution in [0, 0.1) is 17.8 Å². The number of unbranched alkanes of at least 4 members (excludes halogenated alkanes) is 3. The summed E-state index contributed by atoms with van der Waals surface area (Å²) >= 11 is 1.63. The van der Waals surface area contributed by atoms with Gasteiger partial charge in [0.05, 0.1) is 35.8 Å². The van der Waals surface area contributed by atoms with E-state index in [4.69, 9.17) is 4.74 Å². The molecular weight excluding hydrogens is 524 g/mol. The van der Waals surface area contributed by atoms with Gasteiger partial charge in [0.1, 0.15) is 6.04 Å². The van der Waals surface area contributed by atoms with Crippen molar-refractivity contribution in [3.8, 4) is 0 Å². The third-order valence-electron chi connectivity index (χ3n) is 8.87. The molecule has 1 aromatic rings. The zero-order valence-corrected chi connectivity index (χ0v) is 24.7. The van der Waals surface area contributed by atoms with E-state index in [2.05, 4.69) is 27.0 Å².